The predicted molar refractivity (Wildman–Crippen MR) is 137 cm³/mol. The predicted octanol–water partition coefficient (Wildman–Crippen LogP) is 2.13. The van der Waals surface area contributed by atoms with E-state index in [2.05, 4.69) is 5.32 Å². The first-order valence-electron chi connectivity index (χ1n) is 12.7. The van der Waals surface area contributed by atoms with E-state index in [1.54, 1.807) is 13.0 Å². The number of nitrogens with one attached hydrogen (secondary N) is 1. The van der Waals surface area contributed by atoms with Gasteiger partial charge < -0.3 is 25.0 Å². The minimum Gasteiger partial charge on any atom is -0.447 e. The number of ether oxygens (including phenoxy) is 1. The molecule has 206 valence electrons. The Balaban J connectivity index is 1.64. The monoisotopic (exact) mass is 532 g/mol. The lowest BCUT2D eigenvalue weighted by Gasteiger charge is -2.36. The van der Waals surface area contributed by atoms with Gasteiger partial charge in [-0.05, 0) is 70.2 Å². The van der Waals surface area contributed by atoms with Crippen LogP contribution in [0, 0.1) is 17.1 Å². The number of hydrogen-bond donors (Lipinski definition) is 3. The van der Waals surface area contributed by atoms with E-state index in [0.29, 0.717) is 37.9 Å². The van der Waals surface area contributed by atoms with Gasteiger partial charge in [0.15, 0.2) is 0 Å². The van der Waals surface area contributed by atoms with Gasteiger partial charge in [0.2, 0.25) is 0 Å². The molecule has 2 aliphatic rings. The smallest absolute Gasteiger partial charge is 0.447 e. The summed E-state index contributed by atoms with van der Waals surface area (Å²) in [7, 11) is -1.89. The number of nitrogens with zero attached hydrogens (tertiary/aromatic N) is 3. The van der Waals surface area contributed by atoms with E-state index in [-0.39, 0.29) is 25.1 Å². The van der Waals surface area contributed by atoms with E-state index in [9.17, 15) is 33.7 Å². The second kappa shape index (κ2) is 12.2. The van der Waals surface area contributed by atoms with E-state index >= 15 is 0 Å². The third-order valence-corrected chi connectivity index (χ3v) is 7.33. The van der Waals surface area contributed by atoms with Crippen molar-refractivity contribution in [2.75, 3.05) is 26.2 Å². The van der Waals surface area contributed by atoms with Crippen LogP contribution in [0.4, 0.5) is 13.6 Å². The van der Waals surface area contributed by atoms with Gasteiger partial charge in [-0.25, -0.2) is 13.6 Å². The van der Waals surface area contributed by atoms with Crippen molar-refractivity contribution in [2.24, 2.45) is 0 Å². The first-order chi connectivity index (χ1) is 17.8. The topological polar surface area (TPSA) is 126 Å². The zero-order valence-electron chi connectivity index (χ0n) is 22.0. The molecule has 0 spiro atoms. The van der Waals surface area contributed by atoms with Gasteiger partial charge >= 0.3 is 13.2 Å². The van der Waals surface area contributed by atoms with Crippen LogP contribution in [-0.2, 0) is 16.0 Å². The highest BCUT2D eigenvalue weighted by molar-refractivity contribution is 6.43. The Morgan fingerprint density at radius 2 is 2.03 bits per heavy atom. The molecule has 2 aliphatic heterocycles. The third-order valence-electron chi connectivity index (χ3n) is 7.33. The quantitative estimate of drug-likeness (QED) is 0.253. The molecule has 2 fully saturated rings. The van der Waals surface area contributed by atoms with E-state index in [1.807, 2.05) is 24.8 Å². The van der Waals surface area contributed by atoms with E-state index in [0.717, 1.165) is 0 Å². The lowest BCUT2D eigenvalue weighted by Crippen LogP contribution is -2.52. The molecular formula is C26H35BF2N4O5. The zero-order valence-corrected chi connectivity index (χ0v) is 22.0. The number of amides is 2. The number of hydrogen-bond acceptors (Lipinski definition) is 7. The maximum Gasteiger partial charge on any atom is 0.475 e. The van der Waals surface area contributed by atoms with Crippen LogP contribution in [0.3, 0.4) is 0 Å². The Kier molecular flexibility index (Phi) is 9.52. The molecule has 9 nitrogen and oxygen atoms in total. The van der Waals surface area contributed by atoms with Crippen molar-refractivity contribution < 1.29 is 33.2 Å². The molecule has 2 heterocycles. The Bertz CT molecular complexity index is 1080. The number of rotatable bonds is 9. The van der Waals surface area contributed by atoms with Crippen LogP contribution in [0.5, 0.6) is 0 Å². The van der Waals surface area contributed by atoms with Crippen molar-refractivity contribution in [3.05, 3.63) is 47.3 Å². The summed E-state index contributed by atoms with van der Waals surface area (Å²) in [5, 5.41) is 31.6. The maximum atomic E-state index is 13.7. The molecule has 0 unspecified atom stereocenters. The number of likely N-dealkylation sites (tertiary alicyclic amines) is 2. The molecule has 0 aromatic heterocycles. The highest BCUT2D eigenvalue weighted by atomic mass is 19.1. The fourth-order valence-corrected chi connectivity index (χ4v) is 5.01. The van der Waals surface area contributed by atoms with Gasteiger partial charge in [-0.3, -0.25) is 9.69 Å². The van der Waals surface area contributed by atoms with Gasteiger partial charge in [-0.15, -0.1) is 0 Å². The Morgan fingerprint density at radius 1 is 1.34 bits per heavy atom. The van der Waals surface area contributed by atoms with Gasteiger partial charge in [-0.1, -0.05) is 12.1 Å². The number of carbonyl (C=O) groups excluding carboxylic acids is 2. The van der Waals surface area contributed by atoms with Crippen molar-refractivity contribution >= 4 is 19.1 Å². The van der Waals surface area contributed by atoms with Gasteiger partial charge in [0, 0.05) is 25.2 Å². The Morgan fingerprint density at radius 3 is 2.61 bits per heavy atom. The summed E-state index contributed by atoms with van der Waals surface area (Å²) >= 11 is 0. The summed E-state index contributed by atoms with van der Waals surface area (Å²) in [6, 6.07) is 7.40. The second-order valence-electron chi connectivity index (χ2n) is 10.8. The maximum absolute atomic E-state index is 13.7. The number of alkyl halides is 1. The summed E-state index contributed by atoms with van der Waals surface area (Å²) in [6.45, 7) is 6.41. The first-order valence-corrected chi connectivity index (χ1v) is 12.7. The molecule has 2 amide bonds. The van der Waals surface area contributed by atoms with Crippen LogP contribution < -0.4 is 5.32 Å². The SMILES string of the molecule is CC(C)(/C=C(\C#N)C(=O)N1CCC[C@]1(C)COC(=O)N[C@@H](Cc1ccc(F)cc1)B(O)O)N1CC[C@H](F)C1. The lowest BCUT2D eigenvalue weighted by atomic mass is 9.76. The summed E-state index contributed by atoms with van der Waals surface area (Å²) in [5.41, 5.74) is -1.05. The van der Waals surface area contributed by atoms with Gasteiger partial charge in [-0.2, -0.15) is 5.26 Å². The molecule has 0 radical (unpaired) electrons. The highest BCUT2D eigenvalue weighted by Gasteiger charge is 2.43. The van der Waals surface area contributed by atoms with Crippen molar-refractivity contribution in [1.82, 2.24) is 15.1 Å². The standard InChI is InChI=1S/C26H35BF2N4O5/c1-25(2,32-12-9-21(29)16-32)14-19(15-30)23(34)33-11-4-10-26(33,3)17-38-24(35)31-22(27(36)37)13-18-5-7-20(28)8-6-18/h5-8,14,21-22,36-37H,4,9-13,16-17H2,1-3H3,(H,31,35)/b19-14+/t21-,22-,26+/m0/s1. The number of halogens is 2. The number of alkyl carbamates (subject to hydrolysis) is 1. The molecule has 38 heavy (non-hydrogen) atoms. The van der Waals surface area contributed by atoms with Crippen LogP contribution in [-0.4, -0.2) is 88.4 Å². The highest BCUT2D eigenvalue weighted by Crippen LogP contribution is 2.32. The average molecular weight is 532 g/mol. The molecule has 2 saturated heterocycles. The van der Waals surface area contributed by atoms with Crippen molar-refractivity contribution in [3.63, 3.8) is 0 Å². The molecule has 0 aliphatic carbocycles. The van der Waals surface area contributed by atoms with Crippen LogP contribution in [0.1, 0.15) is 45.6 Å². The number of benzene rings is 1. The molecule has 3 atom stereocenters. The van der Waals surface area contributed by atoms with Crippen LogP contribution in [0.2, 0.25) is 0 Å². The molecular weight excluding hydrogens is 497 g/mol. The van der Waals surface area contributed by atoms with Crippen molar-refractivity contribution in [3.8, 4) is 6.07 Å². The molecule has 1 aromatic carbocycles. The summed E-state index contributed by atoms with van der Waals surface area (Å²) in [6.07, 6.45) is 1.35. The van der Waals surface area contributed by atoms with Gasteiger partial charge in [0.05, 0.1) is 11.5 Å². The summed E-state index contributed by atoms with van der Waals surface area (Å²) in [5.74, 6) is -2.03. The largest absolute Gasteiger partial charge is 0.475 e. The number of nitriles is 1. The molecule has 3 N–H and O–H groups in total. The molecule has 0 bridgehead atoms. The molecule has 0 saturated carbocycles. The van der Waals surface area contributed by atoms with E-state index in [1.165, 1.54) is 29.2 Å². The fourth-order valence-electron chi connectivity index (χ4n) is 5.01. The number of carbonyl (C=O) groups is 2. The fraction of sp³-hybridized carbons (Fsp3) is 0.577. The average Bonchev–Trinajstić information content (AvgIpc) is 3.48. The van der Waals surface area contributed by atoms with E-state index < -0.39 is 48.1 Å². The van der Waals surface area contributed by atoms with E-state index in [4.69, 9.17) is 4.74 Å². The normalized spacial score (nSPS) is 23.2. The molecule has 3 rings (SSSR count). The minimum atomic E-state index is -1.89. The second-order valence-corrected chi connectivity index (χ2v) is 10.8. The molecule has 12 heteroatoms. The van der Waals surface area contributed by atoms with Gasteiger partial charge in [0.1, 0.15) is 30.2 Å². The zero-order chi connectivity index (χ0) is 28.1. The Hall–Kier alpha value is -3.01. The summed E-state index contributed by atoms with van der Waals surface area (Å²) in [4.78, 5) is 29.3. The van der Waals surface area contributed by atoms with Gasteiger partial charge in [0.25, 0.3) is 5.91 Å². The Labute approximate surface area is 222 Å². The van der Waals surface area contributed by atoms with Crippen molar-refractivity contribution in [2.45, 2.75) is 69.6 Å². The van der Waals surface area contributed by atoms with Crippen LogP contribution in [0.15, 0.2) is 35.9 Å². The van der Waals surface area contributed by atoms with Crippen molar-refractivity contribution in [1.29, 1.82) is 5.26 Å². The van der Waals surface area contributed by atoms with Crippen LogP contribution in [0.25, 0.3) is 0 Å². The first kappa shape index (κ1) is 29.5. The summed E-state index contributed by atoms with van der Waals surface area (Å²) < 4.78 is 32.3. The minimum absolute atomic E-state index is 0.0290. The molecule has 1 aromatic rings. The van der Waals surface area contributed by atoms with Crippen LogP contribution >= 0.6 is 0 Å². The lowest BCUT2D eigenvalue weighted by molar-refractivity contribution is -0.131. The third kappa shape index (κ3) is 7.31.